The number of carbonyl (C=O) groups excluding carboxylic acids is 1. The molecule has 152 valence electrons. The smallest absolute Gasteiger partial charge is 0.229 e. The Hall–Kier alpha value is -2.80. The maximum Gasteiger partial charge on any atom is 0.229 e. The molecule has 1 aliphatic heterocycles. The van der Waals surface area contributed by atoms with Gasteiger partial charge in [-0.05, 0) is 42.8 Å². The average Bonchev–Trinajstić information content (AvgIpc) is 3.13. The molecule has 1 fully saturated rings. The summed E-state index contributed by atoms with van der Waals surface area (Å²) in [6, 6.07) is 3.93. The van der Waals surface area contributed by atoms with Crippen molar-refractivity contribution in [3.05, 3.63) is 36.9 Å². The van der Waals surface area contributed by atoms with Gasteiger partial charge in [-0.1, -0.05) is 13.8 Å². The molecule has 3 aromatic heterocycles. The number of nitrogens with zero attached hydrogens (tertiary/aromatic N) is 5. The van der Waals surface area contributed by atoms with Crippen molar-refractivity contribution in [1.29, 1.82) is 0 Å². The molecule has 1 atom stereocenters. The van der Waals surface area contributed by atoms with Crippen LogP contribution < -0.4 is 5.32 Å². The molecule has 29 heavy (non-hydrogen) atoms. The Balaban J connectivity index is 1.49. The van der Waals surface area contributed by atoms with Gasteiger partial charge in [0.2, 0.25) is 5.91 Å². The lowest BCUT2D eigenvalue weighted by Crippen LogP contribution is -2.42. The normalized spacial score (nSPS) is 17.7. The van der Waals surface area contributed by atoms with Gasteiger partial charge in [0.15, 0.2) is 0 Å². The van der Waals surface area contributed by atoms with Crippen LogP contribution in [0.5, 0.6) is 0 Å². The van der Waals surface area contributed by atoms with Gasteiger partial charge in [0, 0.05) is 49.7 Å². The molecule has 0 unspecified atom stereocenters. The van der Waals surface area contributed by atoms with E-state index in [1.807, 2.05) is 25.4 Å². The maximum absolute atomic E-state index is 12.8. The maximum atomic E-state index is 12.8. The van der Waals surface area contributed by atoms with E-state index in [-0.39, 0.29) is 11.8 Å². The lowest BCUT2D eigenvalue weighted by Gasteiger charge is -2.32. The molecule has 4 rings (SSSR count). The number of hydrogen-bond acceptors (Lipinski definition) is 5. The number of hydrogen-bond donors (Lipinski definition) is 1. The van der Waals surface area contributed by atoms with E-state index in [1.54, 1.807) is 23.3 Å². The first-order valence-electron chi connectivity index (χ1n) is 10.3. The van der Waals surface area contributed by atoms with Crippen molar-refractivity contribution < 1.29 is 4.79 Å². The molecule has 1 saturated heterocycles. The molecule has 1 amide bonds. The van der Waals surface area contributed by atoms with E-state index in [0.29, 0.717) is 11.7 Å². The summed E-state index contributed by atoms with van der Waals surface area (Å²) in [6.45, 7) is 7.39. The number of piperidine rings is 1. The van der Waals surface area contributed by atoms with Crippen LogP contribution in [0.25, 0.3) is 22.0 Å². The van der Waals surface area contributed by atoms with Crippen molar-refractivity contribution in [3.8, 4) is 11.3 Å². The summed E-state index contributed by atoms with van der Waals surface area (Å²) >= 11 is 0. The first-order valence-corrected chi connectivity index (χ1v) is 10.3. The number of anilines is 1. The minimum Gasteiger partial charge on any atom is -0.310 e. The third-order valence-corrected chi connectivity index (χ3v) is 5.35. The highest BCUT2D eigenvalue weighted by molar-refractivity contribution is 5.94. The van der Waals surface area contributed by atoms with Crippen LogP contribution in [0.1, 0.15) is 26.7 Å². The molecule has 0 spiro atoms. The van der Waals surface area contributed by atoms with Gasteiger partial charge in [0.1, 0.15) is 5.82 Å². The largest absolute Gasteiger partial charge is 0.310 e. The van der Waals surface area contributed by atoms with Crippen LogP contribution in [0.2, 0.25) is 0 Å². The van der Waals surface area contributed by atoms with Crippen LogP contribution >= 0.6 is 0 Å². The Labute approximate surface area is 171 Å². The standard InChI is InChI=1S/C22H28N6O/c1-15(2)12-28-6-4-5-16(14-28)22(29)26-21-8-17-7-20(19-11-25-27(3)13-19)23-9-18(17)10-24-21/h7-11,13,15-16H,4-6,12,14H2,1-3H3,(H,24,26,29)/t16-/m0/s1. The van der Waals surface area contributed by atoms with Crippen LogP contribution in [-0.4, -0.2) is 50.2 Å². The van der Waals surface area contributed by atoms with Crippen molar-refractivity contribution >= 4 is 22.5 Å². The fourth-order valence-electron chi connectivity index (χ4n) is 4.00. The summed E-state index contributed by atoms with van der Waals surface area (Å²) in [5.41, 5.74) is 1.81. The molecule has 0 bridgehead atoms. The first-order chi connectivity index (χ1) is 14.0. The van der Waals surface area contributed by atoms with E-state index in [0.717, 1.165) is 54.5 Å². The number of nitrogens with one attached hydrogen (secondary N) is 1. The van der Waals surface area contributed by atoms with Crippen LogP contribution in [0.15, 0.2) is 36.9 Å². The monoisotopic (exact) mass is 392 g/mol. The molecule has 7 nitrogen and oxygen atoms in total. The SMILES string of the molecule is CC(C)CN1CCC[C@H](C(=O)Nc2cc3cc(-c4cnn(C)c4)ncc3cn2)C1. The molecule has 4 heterocycles. The number of likely N-dealkylation sites (tertiary alicyclic amines) is 1. The molecule has 0 saturated carbocycles. The van der Waals surface area contributed by atoms with E-state index < -0.39 is 0 Å². The topological polar surface area (TPSA) is 75.9 Å². The summed E-state index contributed by atoms with van der Waals surface area (Å²) in [5, 5.41) is 9.17. The second-order valence-corrected chi connectivity index (χ2v) is 8.37. The zero-order chi connectivity index (χ0) is 20.4. The van der Waals surface area contributed by atoms with Crippen LogP contribution in [-0.2, 0) is 11.8 Å². The molecule has 1 aliphatic rings. The average molecular weight is 393 g/mol. The number of aromatic nitrogens is 4. The summed E-state index contributed by atoms with van der Waals surface area (Å²) in [6.07, 6.45) is 9.30. The number of pyridine rings is 2. The van der Waals surface area contributed by atoms with Crippen molar-refractivity contribution in [3.63, 3.8) is 0 Å². The molecule has 1 N–H and O–H groups in total. The fraction of sp³-hybridized carbons (Fsp3) is 0.455. The predicted octanol–water partition coefficient (Wildman–Crippen LogP) is 3.34. The highest BCUT2D eigenvalue weighted by atomic mass is 16.2. The molecular weight excluding hydrogens is 364 g/mol. The third kappa shape index (κ3) is 4.62. The number of amides is 1. The molecule has 0 aromatic carbocycles. The quantitative estimate of drug-likeness (QED) is 0.721. The molecule has 3 aromatic rings. The predicted molar refractivity (Wildman–Crippen MR) is 114 cm³/mol. The van der Waals surface area contributed by atoms with Crippen molar-refractivity contribution in [2.45, 2.75) is 26.7 Å². The molecular formula is C22H28N6O. The minimum atomic E-state index is 0.0170. The van der Waals surface area contributed by atoms with E-state index >= 15 is 0 Å². The van der Waals surface area contributed by atoms with Crippen molar-refractivity contribution in [1.82, 2.24) is 24.6 Å². The van der Waals surface area contributed by atoms with Gasteiger partial charge in [0.05, 0.1) is 17.8 Å². The van der Waals surface area contributed by atoms with Gasteiger partial charge in [-0.3, -0.25) is 14.5 Å². The highest BCUT2D eigenvalue weighted by Crippen LogP contribution is 2.24. The van der Waals surface area contributed by atoms with Gasteiger partial charge in [-0.2, -0.15) is 5.10 Å². The van der Waals surface area contributed by atoms with E-state index in [4.69, 9.17) is 0 Å². The first kappa shape index (κ1) is 19.5. The summed E-state index contributed by atoms with van der Waals surface area (Å²) in [7, 11) is 1.88. The molecule has 0 radical (unpaired) electrons. The van der Waals surface area contributed by atoms with Crippen LogP contribution in [0.4, 0.5) is 5.82 Å². The van der Waals surface area contributed by atoms with E-state index in [2.05, 4.69) is 39.1 Å². The molecule has 0 aliphatic carbocycles. The van der Waals surface area contributed by atoms with Crippen LogP contribution in [0, 0.1) is 11.8 Å². The van der Waals surface area contributed by atoms with Gasteiger partial charge in [0.25, 0.3) is 0 Å². The van der Waals surface area contributed by atoms with Gasteiger partial charge >= 0.3 is 0 Å². The van der Waals surface area contributed by atoms with Crippen molar-refractivity contribution in [2.24, 2.45) is 18.9 Å². The zero-order valence-electron chi connectivity index (χ0n) is 17.3. The lowest BCUT2D eigenvalue weighted by molar-refractivity contribution is -0.121. The fourth-order valence-corrected chi connectivity index (χ4v) is 4.00. The summed E-state index contributed by atoms with van der Waals surface area (Å²) in [5.74, 6) is 1.28. The van der Waals surface area contributed by atoms with E-state index in [1.165, 1.54) is 0 Å². The number of rotatable bonds is 5. The number of aryl methyl sites for hydroxylation is 1. The second-order valence-electron chi connectivity index (χ2n) is 8.37. The minimum absolute atomic E-state index is 0.0170. The van der Waals surface area contributed by atoms with Gasteiger partial charge in [-0.25, -0.2) is 4.98 Å². The Morgan fingerprint density at radius 3 is 2.79 bits per heavy atom. The van der Waals surface area contributed by atoms with Gasteiger partial charge in [-0.15, -0.1) is 0 Å². The Morgan fingerprint density at radius 2 is 2.03 bits per heavy atom. The Morgan fingerprint density at radius 1 is 1.21 bits per heavy atom. The summed E-state index contributed by atoms with van der Waals surface area (Å²) < 4.78 is 1.76. The molecule has 7 heteroatoms. The van der Waals surface area contributed by atoms with Crippen molar-refractivity contribution in [2.75, 3.05) is 25.0 Å². The summed E-state index contributed by atoms with van der Waals surface area (Å²) in [4.78, 5) is 24.1. The number of carbonyl (C=O) groups is 1. The zero-order valence-corrected chi connectivity index (χ0v) is 17.3. The number of fused-ring (bicyclic) bond motifs is 1. The Bertz CT molecular complexity index is 1010. The second kappa shape index (κ2) is 8.29. The third-order valence-electron chi connectivity index (χ3n) is 5.35. The highest BCUT2D eigenvalue weighted by Gasteiger charge is 2.26. The van der Waals surface area contributed by atoms with Crippen LogP contribution in [0.3, 0.4) is 0 Å². The van der Waals surface area contributed by atoms with E-state index in [9.17, 15) is 4.79 Å². The van der Waals surface area contributed by atoms with Gasteiger partial charge < -0.3 is 10.2 Å². The Kier molecular flexibility index (Phi) is 5.58. The lowest BCUT2D eigenvalue weighted by atomic mass is 9.96.